The van der Waals surface area contributed by atoms with E-state index < -0.39 is 0 Å². The Labute approximate surface area is 121 Å². The van der Waals surface area contributed by atoms with Gasteiger partial charge in [0.05, 0.1) is 6.61 Å². The number of likely N-dealkylation sites (N-methyl/N-ethyl adjacent to an activating group) is 1. The standard InChI is InChI=1S/C17H24N2O/c1-18(13-15-5-4-12-20-14-15)10-11-19-9-8-16-6-2-3-7-17(16)19/h2-3,6-9,15H,4-5,10-14H2,1H3/t15-/m1/s1. The third-order valence-corrected chi connectivity index (χ3v) is 4.23. The van der Waals surface area contributed by atoms with Crippen molar-refractivity contribution in [3.05, 3.63) is 36.5 Å². The van der Waals surface area contributed by atoms with Crippen LogP contribution in [0.1, 0.15) is 12.8 Å². The highest BCUT2D eigenvalue weighted by Crippen LogP contribution is 2.16. The highest BCUT2D eigenvalue weighted by Gasteiger charge is 2.15. The van der Waals surface area contributed by atoms with Crippen LogP contribution in [0.2, 0.25) is 0 Å². The van der Waals surface area contributed by atoms with Crippen LogP contribution in [0.15, 0.2) is 36.5 Å². The van der Waals surface area contributed by atoms with Crippen LogP contribution < -0.4 is 0 Å². The van der Waals surface area contributed by atoms with E-state index in [4.69, 9.17) is 4.74 Å². The molecule has 0 spiro atoms. The number of rotatable bonds is 5. The second-order valence-corrected chi connectivity index (χ2v) is 5.91. The molecule has 0 N–H and O–H groups in total. The number of hydrogen-bond acceptors (Lipinski definition) is 2. The number of ether oxygens (including phenoxy) is 1. The number of benzene rings is 1. The van der Waals surface area contributed by atoms with Crippen molar-refractivity contribution < 1.29 is 4.74 Å². The monoisotopic (exact) mass is 272 g/mol. The predicted molar refractivity (Wildman–Crippen MR) is 83.0 cm³/mol. The Kier molecular flexibility index (Phi) is 4.38. The fourth-order valence-electron chi connectivity index (χ4n) is 3.10. The average molecular weight is 272 g/mol. The molecular weight excluding hydrogens is 248 g/mol. The molecule has 0 amide bonds. The van der Waals surface area contributed by atoms with Crippen molar-refractivity contribution in [3.63, 3.8) is 0 Å². The topological polar surface area (TPSA) is 17.4 Å². The minimum atomic E-state index is 0.718. The molecule has 1 aromatic heterocycles. The lowest BCUT2D eigenvalue weighted by molar-refractivity contribution is 0.0417. The summed E-state index contributed by atoms with van der Waals surface area (Å²) in [5, 5.41) is 1.33. The van der Waals surface area contributed by atoms with Crippen LogP contribution in [-0.4, -0.2) is 42.8 Å². The summed E-state index contributed by atoms with van der Waals surface area (Å²) < 4.78 is 7.91. The molecule has 1 aliphatic rings. The number of nitrogens with zero attached hydrogens (tertiary/aromatic N) is 2. The number of aromatic nitrogens is 1. The van der Waals surface area contributed by atoms with Crippen molar-refractivity contribution in [3.8, 4) is 0 Å². The summed E-state index contributed by atoms with van der Waals surface area (Å²) in [4.78, 5) is 2.44. The molecule has 3 heteroatoms. The zero-order valence-corrected chi connectivity index (χ0v) is 12.3. The van der Waals surface area contributed by atoms with Gasteiger partial charge >= 0.3 is 0 Å². The van der Waals surface area contributed by atoms with Crippen molar-refractivity contribution in [2.45, 2.75) is 19.4 Å². The second-order valence-electron chi connectivity index (χ2n) is 5.91. The normalized spacial score (nSPS) is 19.8. The second kappa shape index (κ2) is 6.42. The predicted octanol–water partition coefficient (Wildman–Crippen LogP) is 3.00. The summed E-state index contributed by atoms with van der Waals surface area (Å²) >= 11 is 0. The molecular formula is C17H24N2O. The lowest BCUT2D eigenvalue weighted by Gasteiger charge is -2.27. The van der Waals surface area contributed by atoms with Crippen LogP contribution in [0, 0.1) is 5.92 Å². The summed E-state index contributed by atoms with van der Waals surface area (Å²) in [7, 11) is 2.22. The Morgan fingerprint density at radius 2 is 2.20 bits per heavy atom. The zero-order chi connectivity index (χ0) is 13.8. The quantitative estimate of drug-likeness (QED) is 0.832. The third kappa shape index (κ3) is 3.22. The first kappa shape index (κ1) is 13.7. The van der Waals surface area contributed by atoms with Gasteiger partial charge in [-0.1, -0.05) is 18.2 Å². The summed E-state index contributed by atoms with van der Waals surface area (Å²) in [6.45, 7) is 5.19. The minimum absolute atomic E-state index is 0.718. The van der Waals surface area contributed by atoms with Gasteiger partial charge in [-0.05, 0) is 43.3 Å². The van der Waals surface area contributed by atoms with Gasteiger partial charge in [-0.25, -0.2) is 0 Å². The molecule has 2 aromatic rings. The van der Waals surface area contributed by atoms with Crippen molar-refractivity contribution in [2.24, 2.45) is 5.92 Å². The molecule has 0 radical (unpaired) electrons. The van der Waals surface area contributed by atoms with Gasteiger partial charge in [-0.3, -0.25) is 0 Å². The molecule has 0 bridgehead atoms. The molecule has 1 fully saturated rings. The molecule has 0 aliphatic carbocycles. The van der Waals surface area contributed by atoms with Crippen molar-refractivity contribution in [1.29, 1.82) is 0 Å². The molecule has 0 unspecified atom stereocenters. The first-order valence-corrected chi connectivity index (χ1v) is 7.63. The molecule has 2 heterocycles. The Bertz CT molecular complexity index is 543. The molecule has 1 atom stereocenters. The maximum absolute atomic E-state index is 5.56. The molecule has 1 aliphatic heterocycles. The van der Waals surface area contributed by atoms with Gasteiger partial charge in [0.2, 0.25) is 0 Å². The highest BCUT2D eigenvalue weighted by molar-refractivity contribution is 5.79. The van der Waals surface area contributed by atoms with Gasteiger partial charge in [0.25, 0.3) is 0 Å². The molecule has 0 saturated carbocycles. The maximum atomic E-state index is 5.56. The minimum Gasteiger partial charge on any atom is -0.381 e. The van der Waals surface area contributed by atoms with Gasteiger partial charge in [0.15, 0.2) is 0 Å². The average Bonchev–Trinajstić information content (AvgIpc) is 2.89. The van der Waals surface area contributed by atoms with Gasteiger partial charge in [-0.15, -0.1) is 0 Å². The summed E-state index contributed by atoms with van der Waals surface area (Å²) in [5.41, 5.74) is 1.34. The Balaban J connectivity index is 1.53. The van der Waals surface area contributed by atoms with Crippen LogP contribution in [0.3, 0.4) is 0 Å². The summed E-state index contributed by atoms with van der Waals surface area (Å²) in [5.74, 6) is 0.718. The zero-order valence-electron chi connectivity index (χ0n) is 12.3. The fourth-order valence-corrected chi connectivity index (χ4v) is 3.10. The molecule has 3 rings (SSSR count). The first-order chi connectivity index (χ1) is 9.83. The van der Waals surface area contributed by atoms with Crippen LogP contribution in [0.4, 0.5) is 0 Å². The molecule has 20 heavy (non-hydrogen) atoms. The van der Waals surface area contributed by atoms with E-state index in [2.05, 4.69) is 53.0 Å². The van der Waals surface area contributed by atoms with Crippen LogP contribution in [0.5, 0.6) is 0 Å². The highest BCUT2D eigenvalue weighted by atomic mass is 16.5. The van der Waals surface area contributed by atoms with E-state index >= 15 is 0 Å². The first-order valence-electron chi connectivity index (χ1n) is 7.63. The van der Waals surface area contributed by atoms with E-state index in [1.54, 1.807) is 0 Å². The number of para-hydroxylation sites is 1. The van der Waals surface area contributed by atoms with E-state index in [1.165, 1.54) is 23.7 Å². The lowest BCUT2D eigenvalue weighted by atomic mass is 10.0. The van der Waals surface area contributed by atoms with Crippen molar-refractivity contribution in [2.75, 3.05) is 33.4 Å². The van der Waals surface area contributed by atoms with E-state index in [0.717, 1.165) is 38.8 Å². The van der Waals surface area contributed by atoms with Gasteiger partial charge in [0, 0.05) is 38.0 Å². The Morgan fingerprint density at radius 3 is 3.05 bits per heavy atom. The summed E-state index contributed by atoms with van der Waals surface area (Å²) in [6, 6.07) is 10.8. The Hall–Kier alpha value is -1.32. The van der Waals surface area contributed by atoms with Crippen molar-refractivity contribution >= 4 is 10.9 Å². The van der Waals surface area contributed by atoms with Crippen molar-refractivity contribution in [1.82, 2.24) is 9.47 Å². The molecule has 1 aromatic carbocycles. The van der Waals surface area contributed by atoms with E-state index in [1.807, 2.05) is 0 Å². The van der Waals surface area contributed by atoms with E-state index in [0.29, 0.717) is 0 Å². The largest absolute Gasteiger partial charge is 0.381 e. The van der Waals surface area contributed by atoms with E-state index in [-0.39, 0.29) is 0 Å². The molecule has 108 valence electrons. The van der Waals surface area contributed by atoms with E-state index in [9.17, 15) is 0 Å². The van der Waals surface area contributed by atoms with Gasteiger partial charge in [-0.2, -0.15) is 0 Å². The number of hydrogen-bond donors (Lipinski definition) is 0. The van der Waals surface area contributed by atoms with Gasteiger partial charge in [0.1, 0.15) is 0 Å². The smallest absolute Gasteiger partial charge is 0.0506 e. The third-order valence-electron chi connectivity index (χ3n) is 4.23. The number of fused-ring (bicyclic) bond motifs is 1. The molecule has 3 nitrogen and oxygen atoms in total. The fraction of sp³-hybridized carbons (Fsp3) is 0.529. The van der Waals surface area contributed by atoms with Crippen LogP contribution >= 0.6 is 0 Å². The van der Waals surface area contributed by atoms with Gasteiger partial charge < -0.3 is 14.2 Å². The lowest BCUT2D eigenvalue weighted by Crippen LogP contribution is -2.32. The van der Waals surface area contributed by atoms with Crippen LogP contribution in [0.25, 0.3) is 10.9 Å². The maximum Gasteiger partial charge on any atom is 0.0506 e. The molecule has 1 saturated heterocycles. The van der Waals surface area contributed by atoms with Crippen LogP contribution in [-0.2, 0) is 11.3 Å². The SMILES string of the molecule is CN(CCn1ccc2ccccc21)C[C@H]1CCCOC1. The summed E-state index contributed by atoms with van der Waals surface area (Å²) in [6.07, 6.45) is 4.74. The Morgan fingerprint density at radius 1 is 1.30 bits per heavy atom.